The summed E-state index contributed by atoms with van der Waals surface area (Å²) in [5, 5.41) is 2.82. The van der Waals surface area contributed by atoms with E-state index in [1.165, 1.54) is 10.4 Å². The smallest absolute Gasteiger partial charge is 0.258 e. The second kappa shape index (κ2) is 8.64. The van der Waals surface area contributed by atoms with Gasteiger partial charge in [0.15, 0.2) is 6.61 Å². The Morgan fingerprint density at radius 3 is 2.64 bits per heavy atom. The van der Waals surface area contributed by atoms with E-state index in [9.17, 15) is 13.2 Å². The van der Waals surface area contributed by atoms with Gasteiger partial charge in [0.1, 0.15) is 5.75 Å². The van der Waals surface area contributed by atoms with Crippen molar-refractivity contribution in [3.63, 3.8) is 0 Å². The fraction of sp³-hybridized carbons (Fsp3) is 0.588. The van der Waals surface area contributed by atoms with Crippen LogP contribution in [0.25, 0.3) is 0 Å². The molecule has 1 aliphatic rings. The number of carbonyl (C=O) groups excluding carboxylic acids is 1. The summed E-state index contributed by atoms with van der Waals surface area (Å²) < 4.78 is 37.4. The van der Waals surface area contributed by atoms with E-state index in [-0.39, 0.29) is 23.5 Å². The number of nitrogens with zero attached hydrogens (tertiary/aromatic N) is 1. The molecule has 8 heteroatoms. The fourth-order valence-corrected chi connectivity index (χ4v) is 3.94. The largest absolute Gasteiger partial charge is 0.484 e. The van der Waals surface area contributed by atoms with E-state index >= 15 is 0 Å². The Hall–Kier alpha value is -1.64. The van der Waals surface area contributed by atoms with Crippen LogP contribution in [0.2, 0.25) is 0 Å². The summed E-state index contributed by atoms with van der Waals surface area (Å²) in [7, 11) is -3.53. The van der Waals surface area contributed by atoms with Crippen molar-refractivity contribution in [2.45, 2.75) is 38.1 Å². The zero-order chi connectivity index (χ0) is 18.4. The van der Waals surface area contributed by atoms with Crippen LogP contribution in [-0.4, -0.2) is 57.6 Å². The van der Waals surface area contributed by atoms with Crippen LogP contribution in [0.4, 0.5) is 0 Å². The van der Waals surface area contributed by atoms with Crippen molar-refractivity contribution in [1.82, 2.24) is 9.62 Å². The maximum absolute atomic E-state index is 12.6. The third-order valence-corrected chi connectivity index (χ3v) is 6.03. The summed E-state index contributed by atoms with van der Waals surface area (Å²) in [6.07, 6.45) is 0.846. The van der Waals surface area contributed by atoms with Crippen molar-refractivity contribution in [2.24, 2.45) is 0 Å². The van der Waals surface area contributed by atoms with Crippen LogP contribution in [0.5, 0.6) is 5.75 Å². The lowest BCUT2D eigenvalue weighted by Crippen LogP contribution is -2.40. The van der Waals surface area contributed by atoms with E-state index in [1.807, 2.05) is 13.8 Å². The minimum absolute atomic E-state index is 0.0956. The molecule has 1 atom stereocenters. The third kappa shape index (κ3) is 5.17. The van der Waals surface area contributed by atoms with Gasteiger partial charge in [-0.1, -0.05) is 6.92 Å². The number of amides is 1. The normalized spacial score (nSPS) is 17.1. The number of hydrogen-bond donors (Lipinski definition) is 1. The second-order valence-electron chi connectivity index (χ2n) is 6.11. The molecule has 2 rings (SSSR count). The van der Waals surface area contributed by atoms with Gasteiger partial charge in [-0.2, -0.15) is 4.31 Å². The molecule has 0 unspecified atom stereocenters. The van der Waals surface area contributed by atoms with Crippen LogP contribution in [0, 0.1) is 6.92 Å². The first-order valence-corrected chi connectivity index (χ1v) is 9.89. The SMILES string of the molecule is CC[C@@H](C)NC(=O)COc1ccc(S(=O)(=O)N2CCOCC2)cc1C. The van der Waals surface area contributed by atoms with E-state index in [1.54, 1.807) is 19.1 Å². The standard InChI is InChI=1S/C17H26N2O5S/c1-4-14(3)18-17(20)12-24-16-6-5-15(11-13(16)2)25(21,22)19-7-9-23-10-8-19/h5-6,11,14H,4,7-10,12H2,1-3H3,(H,18,20)/t14-/m1/s1. The van der Waals surface area contributed by atoms with Crippen molar-refractivity contribution in [1.29, 1.82) is 0 Å². The lowest BCUT2D eigenvalue weighted by atomic mass is 10.2. The van der Waals surface area contributed by atoms with Crippen LogP contribution in [0.3, 0.4) is 0 Å². The van der Waals surface area contributed by atoms with E-state index in [2.05, 4.69) is 5.32 Å². The van der Waals surface area contributed by atoms with Crippen LogP contribution in [-0.2, 0) is 19.6 Å². The molecule has 0 spiro atoms. The maximum Gasteiger partial charge on any atom is 0.258 e. The molecule has 1 aliphatic heterocycles. The Bertz CT molecular complexity index is 699. The summed E-state index contributed by atoms with van der Waals surface area (Å²) in [5.74, 6) is 0.305. The van der Waals surface area contributed by atoms with Gasteiger partial charge in [0.2, 0.25) is 10.0 Å². The van der Waals surface area contributed by atoms with Crippen molar-refractivity contribution in [2.75, 3.05) is 32.9 Å². The van der Waals surface area contributed by atoms with E-state index in [0.29, 0.717) is 37.6 Å². The van der Waals surface area contributed by atoms with Gasteiger partial charge >= 0.3 is 0 Å². The second-order valence-corrected chi connectivity index (χ2v) is 8.05. The van der Waals surface area contributed by atoms with Gasteiger partial charge in [-0.3, -0.25) is 4.79 Å². The molecule has 140 valence electrons. The summed E-state index contributed by atoms with van der Waals surface area (Å²) in [5.41, 5.74) is 0.672. The molecule has 0 aliphatic carbocycles. The van der Waals surface area contributed by atoms with Crippen LogP contribution >= 0.6 is 0 Å². The van der Waals surface area contributed by atoms with Crippen LogP contribution < -0.4 is 10.1 Å². The number of morpholine rings is 1. The summed E-state index contributed by atoms with van der Waals surface area (Å²) >= 11 is 0. The minimum atomic E-state index is -3.53. The Morgan fingerprint density at radius 2 is 2.04 bits per heavy atom. The molecule has 25 heavy (non-hydrogen) atoms. The number of aryl methyl sites for hydroxylation is 1. The summed E-state index contributed by atoms with van der Waals surface area (Å²) in [6.45, 7) is 7.11. The minimum Gasteiger partial charge on any atom is -0.484 e. The topological polar surface area (TPSA) is 84.9 Å². The number of rotatable bonds is 7. The number of sulfonamides is 1. The molecule has 0 radical (unpaired) electrons. The molecular weight excluding hydrogens is 344 g/mol. The van der Waals surface area contributed by atoms with Crippen LogP contribution in [0.15, 0.2) is 23.1 Å². The first-order chi connectivity index (χ1) is 11.8. The van der Waals surface area contributed by atoms with Crippen LogP contribution in [0.1, 0.15) is 25.8 Å². The maximum atomic E-state index is 12.6. The van der Waals surface area contributed by atoms with Gasteiger partial charge < -0.3 is 14.8 Å². The first-order valence-electron chi connectivity index (χ1n) is 8.45. The van der Waals surface area contributed by atoms with Gasteiger partial charge in [0.25, 0.3) is 5.91 Å². The predicted octanol–water partition coefficient (Wildman–Crippen LogP) is 1.31. The van der Waals surface area contributed by atoms with Gasteiger partial charge in [0.05, 0.1) is 18.1 Å². The number of ether oxygens (including phenoxy) is 2. The first kappa shape index (κ1) is 19.7. The van der Waals surface area contributed by atoms with E-state index in [0.717, 1.165) is 6.42 Å². The average molecular weight is 370 g/mol. The molecular formula is C17H26N2O5S. The van der Waals surface area contributed by atoms with E-state index < -0.39 is 10.0 Å². The highest BCUT2D eigenvalue weighted by Gasteiger charge is 2.26. The summed E-state index contributed by atoms with van der Waals surface area (Å²) in [6, 6.07) is 4.78. The van der Waals surface area contributed by atoms with Crippen molar-refractivity contribution >= 4 is 15.9 Å². The Balaban J connectivity index is 2.03. The molecule has 1 saturated heterocycles. The van der Waals surface area contributed by atoms with Crippen molar-refractivity contribution in [3.8, 4) is 5.75 Å². The highest BCUT2D eigenvalue weighted by atomic mass is 32.2. The Morgan fingerprint density at radius 1 is 1.36 bits per heavy atom. The average Bonchev–Trinajstić information content (AvgIpc) is 2.61. The zero-order valence-corrected chi connectivity index (χ0v) is 15.8. The molecule has 1 amide bonds. The van der Waals surface area contributed by atoms with Crippen molar-refractivity contribution < 1.29 is 22.7 Å². The Labute approximate surface area is 149 Å². The lowest BCUT2D eigenvalue weighted by Gasteiger charge is -2.26. The monoisotopic (exact) mass is 370 g/mol. The molecule has 0 aromatic heterocycles. The molecule has 0 bridgehead atoms. The van der Waals surface area contributed by atoms with Crippen molar-refractivity contribution in [3.05, 3.63) is 23.8 Å². The molecule has 1 heterocycles. The highest BCUT2D eigenvalue weighted by Crippen LogP contribution is 2.24. The van der Waals surface area contributed by atoms with Gasteiger partial charge in [-0.05, 0) is 44.0 Å². The van der Waals surface area contributed by atoms with Gasteiger partial charge in [-0.25, -0.2) is 8.42 Å². The highest BCUT2D eigenvalue weighted by molar-refractivity contribution is 7.89. The molecule has 1 aromatic carbocycles. The van der Waals surface area contributed by atoms with Gasteiger partial charge in [-0.15, -0.1) is 0 Å². The number of nitrogens with one attached hydrogen (secondary N) is 1. The molecule has 0 saturated carbocycles. The Kier molecular flexibility index (Phi) is 6.80. The zero-order valence-electron chi connectivity index (χ0n) is 14.9. The summed E-state index contributed by atoms with van der Waals surface area (Å²) in [4.78, 5) is 12.0. The number of benzene rings is 1. The quantitative estimate of drug-likeness (QED) is 0.782. The molecule has 1 N–H and O–H groups in total. The number of carbonyl (C=O) groups is 1. The molecule has 1 aromatic rings. The number of hydrogen-bond acceptors (Lipinski definition) is 5. The lowest BCUT2D eigenvalue weighted by molar-refractivity contribution is -0.123. The van der Waals surface area contributed by atoms with E-state index in [4.69, 9.17) is 9.47 Å². The van der Waals surface area contributed by atoms with Gasteiger partial charge in [0, 0.05) is 19.1 Å². The molecule has 7 nitrogen and oxygen atoms in total. The predicted molar refractivity (Wildman–Crippen MR) is 94.1 cm³/mol. The fourth-order valence-electron chi connectivity index (χ4n) is 2.44. The molecule has 1 fully saturated rings. The third-order valence-electron chi connectivity index (χ3n) is 4.13.